The van der Waals surface area contributed by atoms with Gasteiger partial charge < -0.3 is 15.2 Å². The Morgan fingerprint density at radius 2 is 2.11 bits per heavy atom. The quantitative estimate of drug-likeness (QED) is 0.692. The van der Waals surface area contributed by atoms with Gasteiger partial charge in [-0.15, -0.1) is 0 Å². The summed E-state index contributed by atoms with van der Waals surface area (Å²) in [6.45, 7) is 2.80. The van der Waals surface area contributed by atoms with Crippen LogP contribution >= 0.6 is 0 Å². The number of hydrogen-bond acceptors (Lipinski definition) is 6. The van der Waals surface area contributed by atoms with Crippen molar-refractivity contribution < 1.29 is 19.4 Å². The second-order valence-electron chi connectivity index (χ2n) is 3.72. The first kappa shape index (κ1) is 14.0. The summed E-state index contributed by atoms with van der Waals surface area (Å²) in [5.41, 5.74) is 1.34. The average Bonchev–Trinajstić information content (AvgIpc) is 2.37. The van der Waals surface area contributed by atoms with E-state index in [1.165, 1.54) is 7.11 Å². The summed E-state index contributed by atoms with van der Waals surface area (Å²) in [6, 6.07) is 0.471. The van der Waals surface area contributed by atoms with Crippen LogP contribution < -0.4 is 5.32 Å². The zero-order valence-electron chi connectivity index (χ0n) is 10.4. The first-order chi connectivity index (χ1) is 8.49. The lowest BCUT2D eigenvalue weighted by Gasteiger charge is -2.14. The van der Waals surface area contributed by atoms with Crippen LogP contribution in [0.5, 0.6) is 0 Å². The van der Waals surface area contributed by atoms with E-state index in [2.05, 4.69) is 20.3 Å². The van der Waals surface area contributed by atoms with Gasteiger partial charge in [0.2, 0.25) is 0 Å². The summed E-state index contributed by atoms with van der Waals surface area (Å²) in [6.07, 6.45) is 0. The number of carbonyl (C=O) groups excluding carboxylic acids is 2. The standard InChI is InChI=1S/C11H15N3O4/c1-6-4-8(7(2)14-13-6)10(16)12-9(5-15)11(17)18-3/h4,9,15H,5H2,1-3H3,(H,12,16). The number of esters is 1. The van der Waals surface area contributed by atoms with E-state index < -0.39 is 24.5 Å². The smallest absolute Gasteiger partial charge is 0.330 e. The third-order valence-corrected chi connectivity index (χ3v) is 2.32. The number of ether oxygens (including phenoxy) is 1. The molecule has 98 valence electrons. The lowest BCUT2D eigenvalue weighted by molar-refractivity contribution is -0.143. The van der Waals surface area contributed by atoms with Gasteiger partial charge in [-0.05, 0) is 19.9 Å². The largest absolute Gasteiger partial charge is 0.467 e. The summed E-state index contributed by atoms with van der Waals surface area (Å²) < 4.78 is 4.45. The number of carbonyl (C=O) groups is 2. The fraction of sp³-hybridized carbons (Fsp3) is 0.455. The van der Waals surface area contributed by atoms with Crippen LogP contribution in [0.1, 0.15) is 21.7 Å². The minimum absolute atomic E-state index is 0.310. The van der Waals surface area contributed by atoms with Crippen LogP contribution in [0.25, 0.3) is 0 Å². The highest BCUT2D eigenvalue weighted by molar-refractivity contribution is 5.97. The number of amides is 1. The zero-order valence-corrected chi connectivity index (χ0v) is 10.4. The molecule has 0 aliphatic rings. The molecule has 1 atom stereocenters. The van der Waals surface area contributed by atoms with Crippen LogP contribution in [0.4, 0.5) is 0 Å². The fourth-order valence-electron chi connectivity index (χ4n) is 1.34. The number of aliphatic hydroxyl groups excluding tert-OH is 1. The van der Waals surface area contributed by atoms with Crippen LogP contribution in [-0.2, 0) is 9.53 Å². The molecule has 1 aromatic rings. The van der Waals surface area contributed by atoms with Gasteiger partial charge in [-0.25, -0.2) is 4.79 Å². The molecule has 7 heteroatoms. The minimum Gasteiger partial charge on any atom is -0.467 e. The number of aliphatic hydroxyl groups is 1. The lowest BCUT2D eigenvalue weighted by atomic mass is 10.1. The predicted octanol–water partition coefficient (Wildman–Crippen LogP) is -0.643. The van der Waals surface area contributed by atoms with Crippen molar-refractivity contribution in [2.24, 2.45) is 0 Å². The number of rotatable bonds is 4. The number of nitrogens with one attached hydrogen (secondary N) is 1. The van der Waals surface area contributed by atoms with E-state index in [9.17, 15) is 9.59 Å². The number of hydrogen-bond donors (Lipinski definition) is 2. The molecule has 0 saturated carbocycles. The van der Waals surface area contributed by atoms with Gasteiger partial charge >= 0.3 is 5.97 Å². The molecule has 0 saturated heterocycles. The fourth-order valence-corrected chi connectivity index (χ4v) is 1.34. The monoisotopic (exact) mass is 253 g/mol. The lowest BCUT2D eigenvalue weighted by Crippen LogP contribution is -2.44. The summed E-state index contributed by atoms with van der Waals surface area (Å²) in [7, 11) is 1.18. The molecule has 0 fully saturated rings. The molecule has 7 nitrogen and oxygen atoms in total. The van der Waals surface area contributed by atoms with Crippen molar-refractivity contribution in [2.75, 3.05) is 13.7 Å². The van der Waals surface area contributed by atoms with E-state index in [0.29, 0.717) is 17.0 Å². The van der Waals surface area contributed by atoms with Gasteiger partial charge in [-0.3, -0.25) is 4.79 Å². The third kappa shape index (κ3) is 3.24. The van der Waals surface area contributed by atoms with Gasteiger partial charge in [-0.1, -0.05) is 0 Å². The molecule has 1 amide bonds. The Hall–Kier alpha value is -2.02. The number of methoxy groups -OCH3 is 1. The maximum absolute atomic E-state index is 11.9. The van der Waals surface area contributed by atoms with Gasteiger partial charge in [-0.2, -0.15) is 10.2 Å². The van der Waals surface area contributed by atoms with E-state index in [4.69, 9.17) is 5.11 Å². The van der Waals surface area contributed by atoms with Crippen molar-refractivity contribution in [3.63, 3.8) is 0 Å². The van der Waals surface area contributed by atoms with Gasteiger partial charge in [0.25, 0.3) is 5.91 Å². The van der Waals surface area contributed by atoms with E-state index in [-0.39, 0.29) is 0 Å². The summed E-state index contributed by atoms with van der Waals surface area (Å²) in [5, 5.41) is 19.0. The molecular formula is C11H15N3O4. The Morgan fingerprint density at radius 1 is 1.44 bits per heavy atom. The Kier molecular flexibility index (Phi) is 4.73. The Balaban J connectivity index is 2.87. The number of aromatic nitrogens is 2. The molecule has 1 aromatic heterocycles. The van der Waals surface area contributed by atoms with Gasteiger partial charge in [0.05, 0.1) is 30.7 Å². The summed E-state index contributed by atoms with van der Waals surface area (Å²) in [4.78, 5) is 23.1. The normalized spacial score (nSPS) is 11.8. The van der Waals surface area contributed by atoms with E-state index in [1.807, 2.05) is 0 Å². The highest BCUT2D eigenvalue weighted by atomic mass is 16.5. The minimum atomic E-state index is -1.09. The maximum atomic E-state index is 11.9. The van der Waals surface area contributed by atoms with Crippen LogP contribution in [-0.4, -0.2) is 46.9 Å². The van der Waals surface area contributed by atoms with Crippen molar-refractivity contribution in [3.05, 3.63) is 23.0 Å². The third-order valence-electron chi connectivity index (χ3n) is 2.32. The van der Waals surface area contributed by atoms with Crippen molar-refractivity contribution in [1.82, 2.24) is 15.5 Å². The number of aryl methyl sites for hydroxylation is 2. The van der Waals surface area contributed by atoms with E-state index in [0.717, 1.165) is 0 Å². The predicted molar refractivity (Wildman–Crippen MR) is 61.9 cm³/mol. The van der Waals surface area contributed by atoms with Crippen LogP contribution in [0.3, 0.4) is 0 Å². The van der Waals surface area contributed by atoms with Crippen LogP contribution in [0.15, 0.2) is 6.07 Å². The zero-order chi connectivity index (χ0) is 13.7. The van der Waals surface area contributed by atoms with Gasteiger partial charge in [0.15, 0.2) is 6.04 Å². The molecule has 0 aromatic carbocycles. The summed E-state index contributed by atoms with van der Waals surface area (Å²) in [5.74, 6) is -1.21. The second kappa shape index (κ2) is 6.06. The molecule has 0 aliphatic heterocycles. The molecule has 1 unspecified atom stereocenters. The molecule has 0 spiro atoms. The molecule has 2 N–H and O–H groups in total. The average molecular weight is 253 g/mol. The van der Waals surface area contributed by atoms with Gasteiger partial charge in [0, 0.05) is 0 Å². The van der Waals surface area contributed by atoms with E-state index >= 15 is 0 Å². The van der Waals surface area contributed by atoms with Crippen molar-refractivity contribution in [3.8, 4) is 0 Å². The van der Waals surface area contributed by atoms with E-state index in [1.54, 1.807) is 19.9 Å². The topological polar surface area (TPSA) is 101 Å². The molecule has 18 heavy (non-hydrogen) atoms. The second-order valence-corrected chi connectivity index (χ2v) is 3.72. The highest BCUT2D eigenvalue weighted by Crippen LogP contribution is 2.05. The Morgan fingerprint density at radius 3 is 2.67 bits per heavy atom. The first-order valence-electron chi connectivity index (χ1n) is 5.30. The molecule has 1 rings (SSSR count). The molecule has 0 aliphatic carbocycles. The molecule has 0 radical (unpaired) electrons. The van der Waals surface area contributed by atoms with Crippen molar-refractivity contribution >= 4 is 11.9 Å². The Labute approximate surface area is 104 Å². The first-order valence-corrected chi connectivity index (χ1v) is 5.30. The SMILES string of the molecule is COC(=O)C(CO)NC(=O)c1cc(C)nnc1C. The maximum Gasteiger partial charge on any atom is 0.330 e. The number of nitrogens with zero attached hydrogens (tertiary/aromatic N) is 2. The molecular weight excluding hydrogens is 238 g/mol. The van der Waals surface area contributed by atoms with Crippen LogP contribution in [0.2, 0.25) is 0 Å². The van der Waals surface area contributed by atoms with Crippen LogP contribution in [0, 0.1) is 13.8 Å². The Bertz CT molecular complexity index is 462. The van der Waals surface area contributed by atoms with Gasteiger partial charge in [0.1, 0.15) is 0 Å². The highest BCUT2D eigenvalue weighted by Gasteiger charge is 2.22. The van der Waals surface area contributed by atoms with Crippen molar-refractivity contribution in [2.45, 2.75) is 19.9 Å². The molecule has 1 heterocycles. The molecule has 0 bridgehead atoms. The summed E-state index contributed by atoms with van der Waals surface area (Å²) >= 11 is 0. The van der Waals surface area contributed by atoms with Crippen molar-refractivity contribution in [1.29, 1.82) is 0 Å².